The fourth-order valence-corrected chi connectivity index (χ4v) is 8.49. The molecule has 3 heterocycles. The van der Waals surface area contributed by atoms with Crippen molar-refractivity contribution in [1.29, 1.82) is 0 Å². The average molecular weight is 878 g/mol. The van der Waals surface area contributed by atoms with E-state index in [0.29, 0.717) is 0 Å². The molecule has 1 aliphatic heterocycles. The fraction of sp³-hybridized carbons (Fsp3) is 0.182. The van der Waals surface area contributed by atoms with Crippen molar-refractivity contribution in [2.45, 2.75) is 49.4 Å². The SMILES string of the molecule is CC(C)(C)c1ccc(C2C(c3[c-]ccc4c3oc3ccccc34)=Nc3ccccc32)cc1.[CH3][Ge]([CH3])([CH3])[c]1ccc(-c2[c-]cccc2)nc1.[Ir]. The minimum Gasteiger partial charge on any atom is 0 e. The van der Waals surface area contributed by atoms with E-state index >= 15 is 0 Å². The molecule has 0 fully saturated rings. The van der Waals surface area contributed by atoms with Gasteiger partial charge >= 0.3 is 99.8 Å². The molecule has 1 radical (unpaired) electrons. The summed E-state index contributed by atoms with van der Waals surface area (Å²) in [7, 11) is 0. The second-order valence-electron chi connectivity index (χ2n) is 14.5. The molecule has 7 aromatic rings. The van der Waals surface area contributed by atoms with Gasteiger partial charge in [-0.1, -0.05) is 92.4 Å². The van der Waals surface area contributed by atoms with Crippen LogP contribution < -0.4 is 4.40 Å². The zero-order valence-electron chi connectivity index (χ0n) is 28.8. The van der Waals surface area contributed by atoms with Crippen molar-refractivity contribution in [3.63, 3.8) is 0 Å². The van der Waals surface area contributed by atoms with E-state index in [9.17, 15) is 0 Å². The minimum atomic E-state index is -1.72. The molecule has 5 heteroatoms. The van der Waals surface area contributed by atoms with Crippen molar-refractivity contribution in [2.75, 3.05) is 0 Å². The Labute approximate surface area is 306 Å². The van der Waals surface area contributed by atoms with Crippen LogP contribution in [0.4, 0.5) is 5.69 Å². The normalized spacial score (nSPS) is 14.1. The van der Waals surface area contributed by atoms with Gasteiger partial charge < -0.3 is 4.42 Å². The van der Waals surface area contributed by atoms with E-state index in [1.165, 1.54) is 21.1 Å². The molecule has 8 rings (SSSR count). The van der Waals surface area contributed by atoms with Crippen LogP contribution in [0.5, 0.6) is 0 Å². The molecule has 0 N–H and O–H groups in total. The van der Waals surface area contributed by atoms with Crippen molar-refractivity contribution in [2.24, 2.45) is 4.99 Å². The molecule has 0 spiro atoms. The van der Waals surface area contributed by atoms with E-state index < -0.39 is 13.3 Å². The molecular weight excluding hydrogens is 837 g/mol. The third-order valence-corrected chi connectivity index (χ3v) is 13.3. The number of aromatic nitrogens is 1. The van der Waals surface area contributed by atoms with E-state index in [1.54, 1.807) is 0 Å². The van der Waals surface area contributed by atoms with Gasteiger partial charge in [-0.3, -0.25) is 4.99 Å². The molecule has 49 heavy (non-hydrogen) atoms. The van der Waals surface area contributed by atoms with Gasteiger partial charge in [-0.25, -0.2) is 0 Å². The van der Waals surface area contributed by atoms with E-state index in [2.05, 4.69) is 134 Å². The first-order chi connectivity index (χ1) is 23.1. The molecule has 3 nitrogen and oxygen atoms in total. The second-order valence-corrected chi connectivity index (χ2v) is 25.2. The van der Waals surface area contributed by atoms with Gasteiger partial charge in [0.1, 0.15) is 5.58 Å². The minimum absolute atomic E-state index is 0. The summed E-state index contributed by atoms with van der Waals surface area (Å²) < 4.78 is 7.77. The Bertz CT molecular complexity index is 2240. The molecule has 1 unspecified atom stereocenters. The van der Waals surface area contributed by atoms with Gasteiger partial charge in [0, 0.05) is 31.4 Å². The predicted octanol–water partition coefficient (Wildman–Crippen LogP) is 11.0. The largest absolute Gasteiger partial charge is 0 e. The maximum atomic E-state index is 6.33. The van der Waals surface area contributed by atoms with Crippen LogP contribution >= 0.6 is 0 Å². The Morgan fingerprint density at radius 1 is 0.714 bits per heavy atom. The summed E-state index contributed by atoms with van der Waals surface area (Å²) >= 11 is -1.72. The zero-order chi connectivity index (χ0) is 33.5. The van der Waals surface area contributed by atoms with E-state index in [1.807, 2.05) is 48.7 Å². The molecule has 1 atom stereocenters. The summed E-state index contributed by atoms with van der Waals surface area (Å²) in [5.74, 6) is 7.19. The van der Waals surface area contributed by atoms with Crippen LogP contribution in [0, 0.1) is 12.1 Å². The van der Waals surface area contributed by atoms with Gasteiger partial charge in [0.15, 0.2) is 0 Å². The first kappa shape index (κ1) is 34.8. The number of rotatable bonds is 4. The standard InChI is InChI=1S/C30H24NO.C14H16GeN.Ir/c1-30(2,3)20-17-15-19(16-18-20)27-23-10-4-6-13-25(23)31-28(27)24-12-8-11-22-21-9-5-7-14-26(21)32-29(22)24;1-15(2,3)13-9-10-14(16-11-13)12-7-5-4-6-8-12;/h4-11,13-18,27H,1-3H3;4-7,9-11H,1-3H3;/q2*-1;. The van der Waals surface area contributed by atoms with E-state index in [4.69, 9.17) is 9.41 Å². The van der Waals surface area contributed by atoms with Gasteiger partial charge in [0.2, 0.25) is 0 Å². The fourth-order valence-electron chi connectivity index (χ4n) is 6.32. The van der Waals surface area contributed by atoms with Crippen LogP contribution in [0.1, 0.15) is 48.9 Å². The molecule has 5 aromatic carbocycles. The summed E-state index contributed by atoms with van der Waals surface area (Å²) in [5, 5.41) is 2.23. The number of hydrogen-bond acceptors (Lipinski definition) is 3. The number of benzene rings is 5. The number of hydrogen-bond donors (Lipinski definition) is 0. The maximum absolute atomic E-state index is 6.33. The van der Waals surface area contributed by atoms with E-state index in [0.717, 1.165) is 50.2 Å². The molecule has 2 aromatic heterocycles. The summed E-state index contributed by atoms with van der Waals surface area (Å²) in [6, 6.07) is 48.6. The Balaban J connectivity index is 0.000000208. The van der Waals surface area contributed by atoms with Gasteiger partial charge in [-0.05, 0) is 39.9 Å². The molecular formula is C44H40GeIrN2O-2. The van der Waals surface area contributed by atoms with Crippen LogP contribution in [0.15, 0.2) is 137 Å². The van der Waals surface area contributed by atoms with Crippen molar-refractivity contribution < 1.29 is 24.5 Å². The second kappa shape index (κ2) is 14.0. The Morgan fingerprint density at radius 3 is 2.14 bits per heavy atom. The third-order valence-electron chi connectivity index (χ3n) is 9.08. The summed E-state index contributed by atoms with van der Waals surface area (Å²) in [4.78, 5) is 9.63. The third kappa shape index (κ3) is 7.14. The monoisotopic (exact) mass is 879 g/mol. The first-order valence-electron chi connectivity index (χ1n) is 16.6. The number of aliphatic imine (C=N–C) groups is 1. The summed E-state index contributed by atoms with van der Waals surface area (Å²) in [6.07, 6.45) is 2.04. The van der Waals surface area contributed by atoms with Gasteiger partial charge in [-0.15, -0.1) is 18.2 Å². The molecule has 0 amide bonds. The number of pyridine rings is 1. The predicted molar refractivity (Wildman–Crippen MR) is 204 cm³/mol. The number of fused-ring (bicyclic) bond motifs is 4. The molecule has 0 saturated heterocycles. The van der Waals surface area contributed by atoms with Gasteiger partial charge in [0.05, 0.1) is 11.3 Å². The Morgan fingerprint density at radius 2 is 1.45 bits per heavy atom. The molecule has 1 aliphatic rings. The number of nitrogens with zero attached hydrogens (tertiary/aromatic N) is 2. The smallest absolute Gasteiger partial charge is 0 e. The number of para-hydroxylation sites is 2. The van der Waals surface area contributed by atoms with Crippen LogP contribution in [0.25, 0.3) is 33.2 Å². The van der Waals surface area contributed by atoms with Crippen molar-refractivity contribution in [1.82, 2.24) is 4.98 Å². The van der Waals surface area contributed by atoms with Gasteiger partial charge in [0.25, 0.3) is 0 Å². The van der Waals surface area contributed by atoms with Crippen LogP contribution in [-0.4, -0.2) is 24.0 Å². The summed E-state index contributed by atoms with van der Waals surface area (Å²) in [5.41, 5.74) is 10.7. The van der Waals surface area contributed by atoms with Crippen molar-refractivity contribution in [3.05, 3.63) is 162 Å². The van der Waals surface area contributed by atoms with Gasteiger partial charge in [-0.2, -0.15) is 0 Å². The molecule has 247 valence electrons. The molecule has 0 saturated carbocycles. The van der Waals surface area contributed by atoms with Crippen molar-refractivity contribution in [3.8, 4) is 11.3 Å². The van der Waals surface area contributed by atoms with Crippen molar-refractivity contribution >= 4 is 51.0 Å². The molecule has 0 bridgehead atoms. The van der Waals surface area contributed by atoms with Crippen LogP contribution in [-0.2, 0) is 25.5 Å². The summed E-state index contributed by atoms with van der Waals surface area (Å²) in [6.45, 7) is 6.74. The Kier molecular flexibility index (Phi) is 9.96. The average Bonchev–Trinajstić information content (AvgIpc) is 3.67. The van der Waals surface area contributed by atoms with Crippen LogP contribution in [0.3, 0.4) is 0 Å². The number of furan rings is 1. The van der Waals surface area contributed by atoms with Crippen LogP contribution in [0.2, 0.25) is 17.3 Å². The topological polar surface area (TPSA) is 38.4 Å². The molecule has 0 aliphatic carbocycles. The Hall–Kier alpha value is -4.09. The quantitative estimate of drug-likeness (QED) is 0.131. The van der Waals surface area contributed by atoms with E-state index in [-0.39, 0.29) is 31.4 Å². The maximum Gasteiger partial charge on any atom is 0 e. The first-order valence-corrected chi connectivity index (χ1v) is 24.0. The zero-order valence-corrected chi connectivity index (χ0v) is 33.3.